The maximum absolute atomic E-state index is 11.9. The number of hydrogen-bond donors (Lipinski definition) is 4. The minimum atomic E-state index is -0.468. The van der Waals surface area contributed by atoms with Crippen LogP contribution in [0.1, 0.15) is 22.8 Å². The van der Waals surface area contributed by atoms with Crippen molar-refractivity contribution >= 4 is 28.9 Å². The molecular formula is C16H17N3O2S. The summed E-state index contributed by atoms with van der Waals surface area (Å²) in [7, 11) is 0. The lowest BCUT2D eigenvalue weighted by Gasteiger charge is -2.12. The third kappa shape index (κ3) is 4.20. The van der Waals surface area contributed by atoms with Gasteiger partial charge < -0.3 is 10.4 Å². The molecule has 0 spiro atoms. The first kappa shape index (κ1) is 15.8. The molecule has 0 aliphatic heterocycles. The molecule has 0 aliphatic rings. The van der Waals surface area contributed by atoms with Gasteiger partial charge in [-0.15, -0.1) is 0 Å². The predicted octanol–water partition coefficient (Wildman–Crippen LogP) is 2.59. The summed E-state index contributed by atoms with van der Waals surface area (Å²) >= 11 is 5.12. The third-order valence-corrected chi connectivity index (χ3v) is 3.24. The van der Waals surface area contributed by atoms with Gasteiger partial charge in [-0.25, -0.2) is 0 Å². The fourth-order valence-electron chi connectivity index (χ4n) is 1.88. The van der Waals surface area contributed by atoms with E-state index in [9.17, 15) is 9.90 Å². The predicted molar refractivity (Wildman–Crippen MR) is 90.7 cm³/mol. The highest BCUT2D eigenvalue weighted by molar-refractivity contribution is 7.80. The number of carbonyl (C=O) groups excluding carboxylic acids is 1. The summed E-state index contributed by atoms with van der Waals surface area (Å²) in [5.41, 5.74) is 7.24. The van der Waals surface area contributed by atoms with E-state index in [2.05, 4.69) is 23.1 Å². The molecule has 0 aliphatic carbocycles. The van der Waals surface area contributed by atoms with Crippen molar-refractivity contribution in [3.8, 4) is 5.75 Å². The molecule has 0 atom stereocenters. The Bertz CT molecular complexity index is 689. The zero-order chi connectivity index (χ0) is 15.9. The second kappa shape index (κ2) is 7.42. The monoisotopic (exact) mass is 315 g/mol. The molecule has 2 rings (SSSR count). The number of benzene rings is 2. The molecule has 2 aromatic carbocycles. The normalized spacial score (nSPS) is 9.86. The van der Waals surface area contributed by atoms with Gasteiger partial charge in [0.05, 0.1) is 5.56 Å². The highest BCUT2D eigenvalue weighted by atomic mass is 32.1. The number of amides is 1. The summed E-state index contributed by atoms with van der Waals surface area (Å²) in [5.74, 6) is -0.555. The van der Waals surface area contributed by atoms with E-state index >= 15 is 0 Å². The smallest absolute Gasteiger partial charge is 0.273 e. The molecule has 0 saturated heterocycles. The molecule has 0 heterocycles. The lowest BCUT2D eigenvalue weighted by Crippen LogP contribution is -2.43. The molecule has 0 fully saturated rings. The molecule has 5 nitrogen and oxygen atoms in total. The largest absolute Gasteiger partial charge is 0.507 e. The second-order valence-electron chi connectivity index (χ2n) is 4.60. The molecule has 6 heteroatoms. The molecule has 1 amide bonds. The van der Waals surface area contributed by atoms with E-state index in [1.165, 1.54) is 17.7 Å². The minimum Gasteiger partial charge on any atom is -0.507 e. The molecule has 22 heavy (non-hydrogen) atoms. The Labute approximate surface area is 134 Å². The lowest BCUT2D eigenvalue weighted by molar-refractivity contribution is 0.0941. The zero-order valence-corrected chi connectivity index (χ0v) is 12.9. The molecule has 4 N–H and O–H groups in total. The van der Waals surface area contributed by atoms with Gasteiger partial charge in [-0.05, 0) is 48.5 Å². The summed E-state index contributed by atoms with van der Waals surface area (Å²) < 4.78 is 0. The van der Waals surface area contributed by atoms with Crippen molar-refractivity contribution < 1.29 is 9.90 Å². The molecule has 2 aromatic rings. The first-order valence-corrected chi connectivity index (χ1v) is 7.25. The van der Waals surface area contributed by atoms with Crippen molar-refractivity contribution in [1.29, 1.82) is 0 Å². The van der Waals surface area contributed by atoms with Crippen LogP contribution in [-0.2, 0) is 6.42 Å². The van der Waals surface area contributed by atoms with E-state index in [1.54, 1.807) is 12.1 Å². The average molecular weight is 315 g/mol. The van der Waals surface area contributed by atoms with E-state index in [-0.39, 0.29) is 16.4 Å². The van der Waals surface area contributed by atoms with Crippen LogP contribution in [0.5, 0.6) is 5.75 Å². The summed E-state index contributed by atoms with van der Waals surface area (Å²) in [6, 6.07) is 14.1. The Morgan fingerprint density at radius 1 is 1.14 bits per heavy atom. The topological polar surface area (TPSA) is 73.4 Å². The SMILES string of the molecule is CCc1cccc(NC(=S)NNC(=O)c2ccccc2O)c1. The molecular weight excluding hydrogens is 298 g/mol. The Hall–Kier alpha value is -2.60. The lowest BCUT2D eigenvalue weighted by atomic mass is 10.1. The fraction of sp³-hybridized carbons (Fsp3) is 0.125. The number of nitrogens with one attached hydrogen (secondary N) is 3. The van der Waals surface area contributed by atoms with Gasteiger partial charge in [0.25, 0.3) is 5.91 Å². The van der Waals surface area contributed by atoms with Gasteiger partial charge in [-0.2, -0.15) is 0 Å². The number of carbonyl (C=O) groups is 1. The number of aryl methyl sites for hydroxylation is 1. The van der Waals surface area contributed by atoms with Crippen molar-refractivity contribution in [2.75, 3.05) is 5.32 Å². The number of aromatic hydroxyl groups is 1. The van der Waals surface area contributed by atoms with Crippen LogP contribution >= 0.6 is 12.2 Å². The van der Waals surface area contributed by atoms with Crippen molar-refractivity contribution in [3.63, 3.8) is 0 Å². The van der Waals surface area contributed by atoms with E-state index < -0.39 is 5.91 Å². The van der Waals surface area contributed by atoms with Crippen molar-refractivity contribution in [3.05, 3.63) is 59.7 Å². The number of rotatable bonds is 3. The maximum atomic E-state index is 11.9. The number of phenols is 1. The number of anilines is 1. The van der Waals surface area contributed by atoms with Crippen molar-refractivity contribution in [2.24, 2.45) is 0 Å². The number of hydrogen-bond acceptors (Lipinski definition) is 3. The van der Waals surface area contributed by atoms with E-state index in [0.717, 1.165) is 12.1 Å². The van der Waals surface area contributed by atoms with Crippen LogP contribution < -0.4 is 16.2 Å². The number of phenolic OH excluding ortho intramolecular Hbond substituents is 1. The molecule has 0 unspecified atom stereocenters. The molecule has 114 valence electrons. The Morgan fingerprint density at radius 2 is 1.91 bits per heavy atom. The van der Waals surface area contributed by atoms with Crippen LogP contribution in [0.4, 0.5) is 5.69 Å². The van der Waals surface area contributed by atoms with Crippen LogP contribution in [0.15, 0.2) is 48.5 Å². The van der Waals surface area contributed by atoms with Gasteiger partial charge in [0.1, 0.15) is 5.75 Å². The van der Waals surface area contributed by atoms with Gasteiger partial charge in [-0.1, -0.05) is 31.2 Å². The fourth-order valence-corrected chi connectivity index (χ4v) is 2.05. The Balaban J connectivity index is 1.90. The van der Waals surface area contributed by atoms with Crippen LogP contribution in [0, 0.1) is 0 Å². The van der Waals surface area contributed by atoms with Crippen molar-refractivity contribution in [2.45, 2.75) is 13.3 Å². The highest BCUT2D eigenvalue weighted by Crippen LogP contribution is 2.14. The van der Waals surface area contributed by atoms with Crippen LogP contribution in [0.3, 0.4) is 0 Å². The Kier molecular flexibility index (Phi) is 5.32. The minimum absolute atomic E-state index is 0.0867. The summed E-state index contributed by atoms with van der Waals surface area (Å²) in [5, 5.41) is 12.8. The van der Waals surface area contributed by atoms with Gasteiger partial charge in [0.2, 0.25) is 0 Å². The molecule has 0 radical (unpaired) electrons. The zero-order valence-electron chi connectivity index (χ0n) is 12.1. The molecule has 0 saturated carbocycles. The van der Waals surface area contributed by atoms with Gasteiger partial charge in [0, 0.05) is 5.69 Å². The van der Waals surface area contributed by atoms with Crippen LogP contribution in [0.2, 0.25) is 0 Å². The summed E-state index contributed by atoms with van der Waals surface area (Å²) in [6.45, 7) is 2.07. The number of thiocarbonyl (C=S) groups is 1. The van der Waals surface area contributed by atoms with E-state index in [1.807, 2.05) is 24.3 Å². The molecule has 0 aromatic heterocycles. The summed E-state index contributed by atoms with van der Waals surface area (Å²) in [4.78, 5) is 11.9. The molecule has 0 bridgehead atoms. The van der Waals surface area contributed by atoms with Crippen molar-refractivity contribution in [1.82, 2.24) is 10.9 Å². The van der Waals surface area contributed by atoms with Gasteiger partial charge in [-0.3, -0.25) is 15.6 Å². The van der Waals surface area contributed by atoms with Crippen LogP contribution in [-0.4, -0.2) is 16.1 Å². The average Bonchev–Trinajstić information content (AvgIpc) is 2.53. The maximum Gasteiger partial charge on any atom is 0.273 e. The van der Waals surface area contributed by atoms with Crippen LogP contribution in [0.25, 0.3) is 0 Å². The first-order valence-electron chi connectivity index (χ1n) is 6.84. The highest BCUT2D eigenvalue weighted by Gasteiger charge is 2.09. The quantitative estimate of drug-likeness (QED) is 0.517. The number of para-hydroxylation sites is 1. The van der Waals surface area contributed by atoms with E-state index in [0.29, 0.717) is 0 Å². The third-order valence-electron chi connectivity index (χ3n) is 3.03. The standard InChI is InChI=1S/C16H17N3O2S/c1-2-11-6-5-7-12(10-11)17-16(22)19-18-15(21)13-8-3-4-9-14(13)20/h3-10,20H,2H2,1H3,(H,18,21)(H2,17,19,22). The van der Waals surface area contributed by atoms with Gasteiger partial charge >= 0.3 is 0 Å². The second-order valence-corrected chi connectivity index (χ2v) is 5.01. The summed E-state index contributed by atoms with van der Waals surface area (Å²) in [6.07, 6.45) is 0.930. The number of hydrazine groups is 1. The first-order chi connectivity index (χ1) is 10.6. The van der Waals surface area contributed by atoms with E-state index in [4.69, 9.17) is 12.2 Å². The van der Waals surface area contributed by atoms with Gasteiger partial charge in [0.15, 0.2) is 5.11 Å². The Morgan fingerprint density at radius 3 is 2.64 bits per heavy atom.